The minimum absolute atomic E-state index is 0.883. The summed E-state index contributed by atoms with van der Waals surface area (Å²) < 4.78 is 0. The molecule has 4 aromatic rings. The zero-order chi connectivity index (χ0) is 33.4. The van der Waals surface area contributed by atoms with Gasteiger partial charge in [-0.3, -0.25) is 0 Å². The highest BCUT2D eigenvalue weighted by atomic mass is 14.9. The maximum atomic E-state index is 5.46. The van der Waals surface area contributed by atoms with Gasteiger partial charge in [-0.2, -0.15) is 0 Å². The number of aromatic nitrogens is 3. The molecule has 4 aliphatic heterocycles. The Bertz CT molecular complexity index is 2500. The molecule has 0 saturated carbocycles. The molecule has 0 atom stereocenters. The number of H-pyrrole nitrogens is 2. The first-order valence-corrected chi connectivity index (χ1v) is 17.4. The smallest absolute Gasteiger partial charge is 0.0745 e. The van der Waals surface area contributed by atoms with Gasteiger partial charge in [0.2, 0.25) is 0 Å². The van der Waals surface area contributed by atoms with Gasteiger partial charge in [0.05, 0.1) is 56.3 Å². The Morgan fingerprint density at radius 1 is 0.500 bits per heavy atom. The molecule has 0 aliphatic carbocycles. The Morgan fingerprint density at radius 3 is 1.69 bits per heavy atom. The highest BCUT2D eigenvalue weighted by Crippen LogP contribution is 2.39. The zero-order valence-corrected chi connectivity index (χ0v) is 29.2. The molecule has 4 aliphatic rings. The number of aryl methyl sites for hydroxylation is 2. The molecule has 48 heavy (non-hydrogen) atoms. The Hall–Kier alpha value is -5.10. The van der Waals surface area contributed by atoms with Gasteiger partial charge in [-0.05, 0) is 123 Å². The van der Waals surface area contributed by atoms with Crippen LogP contribution in [0.1, 0.15) is 84.3 Å². The minimum Gasteiger partial charge on any atom is -0.357 e. The first kappa shape index (κ1) is 30.2. The van der Waals surface area contributed by atoms with Crippen LogP contribution in [0.4, 0.5) is 0 Å². The van der Waals surface area contributed by atoms with Gasteiger partial charge in [-0.1, -0.05) is 39.8 Å². The minimum atomic E-state index is 0.883. The van der Waals surface area contributed by atoms with E-state index in [1.165, 1.54) is 33.4 Å². The van der Waals surface area contributed by atoms with Gasteiger partial charge in [0.15, 0.2) is 0 Å². The van der Waals surface area contributed by atoms with Crippen LogP contribution in [0.5, 0.6) is 0 Å². The third-order valence-corrected chi connectivity index (χ3v) is 10.5. The van der Waals surface area contributed by atoms with Crippen molar-refractivity contribution in [2.24, 2.45) is 15.0 Å². The molecule has 1 aromatic carbocycles. The number of allylic oxidation sites excluding steroid dienone is 8. The first-order valence-electron chi connectivity index (χ1n) is 17.4. The van der Waals surface area contributed by atoms with Crippen LogP contribution in [0.2, 0.25) is 0 Å². The van der Waals surface area contributed by atoms with Gasteiger partial charge in [-0.25, -0.2) is 20.0 Å². The normalized spacial score (nSPS) is 17.8. The summed E-state index contributed by atoms with van der Waals surface area (Å²) in [6, 6.07) is 8.79. The van der Waals surface area contributed by atoms with E-state index in [1.54, 1.807) is 0 Å². The molecular weight excluding hydrogens is 589 g/mol. The van der Waals surface area contributed by atoms with Gasteiger partial charge in [0.1, 0.15) is 0 Å². The van der Waals surface area contributed by atoms with Crippen LogP contribution in [0.15, 0.2) is 102 Å². The average molecular weight is 631 g/mol. The van der Waals surface area contributed by atoms with E-state index in [1.807, 2.05) is 0 Å². The van der Waals surface area contributed by atoms with E-state index < -0.39 is 0 Å². The predicted octanol–water partition coefficient (Wildman–Crippen LogP) is 9.93. The summed E-state index contributed by atoms with van der Waals surface area (Å²) >= 11 is 0. The molecule has 7 heterocycles. The molecule has 8 rings (SSSR count). The van der Waals surface area contributed by atoms with Crippen LogP contribution in [0.3, 0.4) is 0 Å². The maximum absolute atomic E-state index is 5.46. The fourth-order valence-electron chi connectivity index (χ4n) is 8.05. The lowest BCUT2D eigenvalue weighted by Crippen LogP contribution is -2.08. The number of aliphatic imine (C=N–C) groups is 3. The van der Waals surface area contributed by atoms with E-state index in [9.17, 15) is 0 Å². The summed E-state index contributed by atoms with van der Waals surface area (Å²) in [4.78, 5) is 28.7. The number of hydrogen-bond acceptors (Lipinski definition) is 4. The fourth-order valence-corrected chi connectivity index (χ4v) is 8.05. The summed E-state index contributed by atoms with van der Waals surface area (Å²) in [7, 11) is 0. The molecule has 2 N–H and O–H groups in total. The van der Waals surface area contributed by atoms with Crippen molar-refractivity contribution in [3.63, 3.8) is 0 Å². The molecule has 0 unspecified atom stereocenters. The highest BCUT2D eigenvalue weighted by molar-refractivity contribution is 6.29. The second-order valence-corrected chi connectivity index (χ2v) is 13.3. The number of rotatable bonds is 4. The Balaban J connectivity index is 1.55. The molecule has 240 valence electrons. The van der Waals surface area contributed by atoms with Crippen LogP contribution in [-0.4, -0.2) is 32.1 Å². The van der Waals surface area contributed by atoms with Crippen molar-refractivity contribution in [3.05, 3.63) is 109 Å². The Morgan fingerprint density at radius 2 is 1.04 bits per heavy atom. The third kappa shape index (κ3) is 4.45. The van der Waals surface area contributed by atoms with Crippen molar-refractivity contribution in [1.29, 1.82) is 0 Å². The quantitative estimate of drug-likeness (QED) is 0.216. The van der Waals surface area contributed by atoms with E-state index in [2.05, 4.69) is 114 Å². The number of pyridine rings is 2. The van der Waals surface area contributed by atoms with Crippen molar-refractivity contribution in [1.82, 2.24) is 15.0 Å². The van der Waals surface area contributed by atoms with Crippen molar-refractivity contribution in [2.45, 2.75) is 81.1 Å². The van der Waals surface area contributed by atoms with Crippen LogP contribution >= 0.6 is 0 Å². The molecule has 0 amide bonds. The van der Waals surface area contributed by atoms with Crippen molar-refractivity contribution >= 4 is 61.9 Å². The van der Waals surface area contributed by atoms with E-state index >= 15 is 0 Å². The second-order valence-electron chi connectivity index (χ2n) is 13.3. The molecular formula is C42H42N6. The molecule has 3 aromatic heterocycles. The average Bonchev–Trinajstić information content (AvgIpc) is 3.77. The molecule has 0 fully saturated rings. The summed E-state index contributed by atoms with van der Waals surface area (Å²) in [5.41, 5.74) is 18.8. The third-order valence-electron chi connectivity index (χ3n) is 10.5. The van der Waals surface area contributed by atoms with Crippen LogP contribution < -0.4 is 5.35 Å². The Labute approximate surface area is 281 Å². The predicted molar refractivity (Wildman–Crippen MR) is 203 cm³/mol. The molecule has 8 bridgehead atoms. The molecule has 0 radical (unpaired) electrons. The summed E-state index contributed by atoms with van der Waals surface area (Å²) in [6.07, 6.45) is 12.4. The van der Waals surface area contributed by atoms with Crippen LogP contribution in [-0.2, 0) is 0 Å². The SMILES string of the molecule is CCC1=C(C)C2=NC1=Cc1nc(c3c4ccc(C)[nH]c4c4[nH]c(C)ccc4c13)=CC1=NC(=CC3=NC(=C2)C(CC)=C3CC)C(C)=C1CC. The largest absolute Gasteiger partial charge is 0.357 e. The van der Waals surface area contributed by atoms with Gasteiger partial charge in [0, 0.05) is 32.9 Å². The zero-order valence-electron chi connectivity index (χ0n) is 29.2. The van der Waals surface area contributed by atoms with E-state index in [-0.39, 0.29) is 0 Å². The number of nitrogens with zero attached hydrogens (tertiary/aromatic N) is 4. The number of benzene rings is 1. The monoisotopic (exact) mass is 630 g/mol. The molecule has 6 heteroatoms. The van der Waals surface area contributed by atoms with Gasteiger partial charge >= 0.3 is 0 Å². The van der Waals surface area contributed by atoms with Gasteiger partial charge in [-0.15, -0.1) is 0 Å². The summed E-state index contributed by atoms with van der Waals surface area (Å²) in [5, 5.41) is 5.46. The summed E-state index contributed by atoms with van der Waals surface area (Å²) in [5.74, 6) is 0. The molecule has 6 nitrogen and oxygen atoms in total. The molecule has 0 spiro atoms. The van der Waals surface area contributed by atoms with Crippen molar-refractivity contribution < 1.29 is 0 Å². The lowest BCUT2D eigenvalue weighted by Gasteiger charge is -2.11. The molecule has 0 saturated heterocycles. The van der Waals surface area contributed by atoms with E-state index in [4.69, 9.17) is 20.0 Å². The fraction of sp³-hybridized carbons (Fsp3) is 0.286. The van der Waals surface area contributed by atoms with Crippen molar-refractivity contribution in [3.8, 4) is 0 Å². The number of hydrogen-bond donors (Lipinski definition) is 2. The Kier molecular flexibility index (Phi) is 7.09. The standard InChI is InChI=1S/C42H42N6/c1-9-25-23(7)31-17-35-27(11-3)28(12-4)36(47-35)18-32-24(8)26(10-2)34(46-32)20-38-40-30-16-14-22(6)44-42(30)41-29(15-13-21(5)43-41)39(40)37(48-38)19-33(25)45-31/h13-20,43-44H,9-12H2,1-8H3. The number of aromatic amines is 2. The lowest BCUT2D eigenvalue weighted by molar-refractivity contribution is 1.05. The summed E-state index contributed by atoms with van der Waals surface area (Å²) in [6.45, 7) is 17.5. The number of fused-ring (bicyclic) bond motifs is 13. The van der Waals surface area contributed by atoms with E-state index in [0.717, 1.165) is 115 Å². The van der Waals surface area contributed by atoms with Crippen LogP contribution in [0.25, 0.3) is 44.7 Å². The van der Waals surface area contributed by atoms with Gasteiger partial charge < -0.3 is 9.97 Å². The lowest BCUT2D eigenvalue weighted by atomic mass is 9.96. The van der Waals surface area contributed by atoms with Crippen molar-refractivity contribution in [2.75, 3.05) is 0 Å². The highest BCUT2D eigenvalue weighted by Gasteiger charge is 2.27. The van der Waals surface area contributed by atoms with Crippen LogP contribution in [0, 0.1) is 13.8 Å². The number of nitrogens with one attached hydrogen (secondary N) is 2. The maximum Gasteiger partial charge on any atom is 0.0745 e. The first-order chi connectivity index (χ1) is 23.2. The second kappa shape index (κ2) is 11.3. The van der Waals surface area contributed by atoms with E-state index in [0.29, 0.717) is 0 Å². The topological polar surface area (TPSA) is 81.5 Å². The van der Waals surface area contributed by atoms with Gasteiger partial charge in [0.25, 0.3) is 0 Å².